The van der Waals surface area contributed by atoms with Gasteiger partial charge in [0.15, 0.2) is 0 Å². The summed E-state index contributed by atoms with van der Waals surface area (Å²) in [5.74, 6) is -2.68. The Morgan fingerprint density at radius 2 is 1.90 bits per heavy atom. The lowest BCUT2D eigenvalue weighted by atomic mass is 10.1. The first-order valence-electron chi connectivity index (χ1n) is 5.67. The van der Waals surface area contributed by atoms with Crippen molar-refractivity contribution in [3.05, 3.63) is 62.8 Å². The molecule has 0 aliphatic rings. The summed E-state index contributed by atoms with van der Waals surface area (Å²) in [4.78, 5) is 22.8. The molecule has 2 rings (SSSR count). The molecule has 21 heavy (non-hydrogen) atoms. The van der Waals surface area contributed by atoms with Crippen LogP contribution in [0.15, 0.2) is 40.9 Å². The standard InChI is InChI=1S/C14H8BrClFNO3/c15-8-2-3-10(16)9(6-8)13(19)18-12-4-1-7(14(20)21)5-11(12)17/h1-6H,(H,18,19)(H,20,21). The SMILES string of the molecule is O=C(O)c1ccc(NC(=O)c2cc(Br)ccc2Cl)c(F)c1. The Hall–Kier alpha value is -1.92. The van der Waals surface area contributed by atoms with Crippen molar-refractivity contribution in [1.82, 2.24) is 0 Å². The van der Waals surface area contributed by atoms with Gasteiger partial charge in [0.1, 0.15) is 5.82 Å². The van der Waals surface area contributed by atoms with E-state index < -0.39 is 17.7 Å². The summed E-state index contributed by atoms with van der Waals surface area (Å²) in [7, 11) is 0. The predicted molar refractivity (Wildman–Crippen MR) is 80.5 cm³/mol. The fourth-order valence-corrected chi connectivity index (χ4v) is 2.18. The molecule has 0 aliphatic carbocycles. The lowest BCUT2D eigenvalue weighted by Crippen LogP contribution is -2.14. The molecule has 2 aromatic rings. The van der Waals surface area contributed by atoms with Crippen LogP contribution in [0, 0.1) is 5.82 Å². The zero-order chi connectivity index (χ0) is 15.6. The Morgan fingerprint density at radius 1 is 1.19 bits per heavy atom. The molecule has 0 atom stereocenters. The number of nitrogens with one attached hydrogen (secondary N) is 1. The Kier molecular flexibility index (Phi) is 4.59. The average molecular weight is 373 g/mol. The van der Waals surface area contributed by atoms with E-state index in [2.05, 4.69) is 21.2 Å². The smallest absolute Gasteiger partial charge is 0.335 e. The molecule has 2 N–H and O–H groups in total. The lowest BCUT2D eigenvalue weighted by Gasteiger charge is -2.08. The fraction of sp³-hybridized carbons (Fsp3) is 0. The third kappa shape index (κ3) is 3.59. The minimum atomic E-state index is -1.25. The largest absolute Gasteiger partial charge is 0.478 e. The number of carboxylic acid groups (broad SMARTS) is 1. The van der Waals surface area contributed by atoms with Gasteiger partial charge in [-0.3, -0.25) is 4.79 Å². The summed E-state index contributed by atoms with van der Waals surface area (Å²) in [6.45, 7) is 0. The monoisotopic (exact) mass is 371 g/mol. The molecule has 7 heteroatoms. The first kappa shape index (κ1) is 15.5. The normalized spacial score (nSPS) is 10.2. The Balaban J connectivity index is 2.27. The number of carbonyl (C=O) groups excluding carboxylic acids is 1. The molecule has 0 bridgehead atoms. The van der Waals surface area contributed by atoms with Gasteiger partial charge in [-0.05, 0) is 36.4 Å². The van der Waals surface area contributed by atoms with Crippen LogP contribution in [0.4, 0.5) is 10.1 Å². The molecule has 108 valence electrons. The molecule has 0 aliphatic heterocycles. The second-order valence-corrected chi connectivity index (χ2v) is 5.40. The molecular weight excluding hydrogens is 365 g/mol. The maximum absolute atomic E-state index is 13.7. The van der Waals surface area contributed by atoms with Gasteiger partial charge in [0.2, 0.25) is 0 Å². The van der Waals surface area contributed by atoms with Crippen molar-refractivity contribution >= 4 is 45.1 Å². The van der Waals surface area contributed by atoms with Crippen molar-refractivity contribution in [3.63, 3.8) is 0 Å². The molecule has 0 aromatic heterocycles. The molecule has 1 amide bonds. The molecule has 0 heterocycles. The first-order valence-corrected chi connectivity index (χ1v) is 6.85. The second kappa shape index (κ2) is 6.24. The van der Waals surface area contributed by atoms with E-state index in [0.717, 1.165) is 6.07 Å². The van der Waals surface area contributed by atoms with E-state index in [-0.39, 0.29) is 21.8 Å². The minimum Gasteiger partial charge on any atom is -0.478 e. The molecule has 0 radical (unpaired) electrons. The highest BCUT2D eigenvalue weighted by molar-refractivity contribution is 9.10. The van der Waals surface area contributed by atoms with Gasteiger partial charge in [0, 0.05) is 4.47 Å². The molecule has 0 saturated carbocycles. The number of hydrogen-bond donors (Lipinski definition) is 2. The fourth-order valence-electron chi connectivity index (χ4n) is 1.61. The molecule has 0 saturated heterocycles. The average Bonchev–Trinajstić information content (AvgIpc) is 2.43. The van der Waals surface area contributed by atoms with Gasteiger partial charge in [-0.1, -0.05) is 27.5 Å². The Bertz CT molecular complexity index is 736. The van der Waals surface area contributed by atoms with Crippen LogP contribution >= 0.6 is 27.5 Å². The van der Waals surface area contributed by atoms with Gasteiger partial charge in [-0.2, -0.15) is 0 Å². The molecule has 0 unspecified atom stereocenters. The molecule has 4 nitrogen and oxygen atoms in total. The predicted octanol–water partition coefficient (Wildman–Crippen LogP) is 4.19. The number of amides is 1. The summed E-state index contributed by atoms with van der Waals surface area (Å²) in [6.07, 6.45) is 0. The lowest BCUT2D eigenvalue weighted by molar-refractivity contribution is 0.0696. The number of rotatable bonds is 3. The summed E-state index contributed by atoms with van der Waals surface area (Å²) < 4.78 is 14.4. The second-order valence-electron chi connectivity index (χ2n) is 4.08. The number of hydrogen-bond acceptors (Lipinski definition) is 2. The van der Waals surface area contributed by atoms with E-state index in [0.29, 0.717) is 4.47 Å². The Labute approximate surface area is 132 Å². The summed E-state index contributed by atoms with van der Waals surface area (Å²) in [5, 5.41) is 11.3. The number of anilines is 1. The van der Waals surface area contributed by atoms with E-state index in [4.69, 9.17) is 16.7 Å². The van der Waals surface area contributed by atoms with E-state index in [1.807, 2.05) is 0 Å². The van der Waals surface area contributed by atoms with Crippen molar-refractivity contribution < 1.29 is 19.1 Å². The molecular formula is C14H8BrClFNO3. The highest BCUT2D eigenvalue weighted by Gasteiger charge is 2.14. The van der Waals surface area contributed by atoms with Crippen LogP contribution in [0.5, 0.6) is 0 Å². The maximum Gasteiger partial charge on any atom is 0.335 e. The number of aromatic carboxylic acids is 1. The highest BCUT2D eigenvalue weighted by Crippen LogP contribution is 2.23. The van der Waals surface area contributed by atoms with E-state index in [9.17, 15) is 14.0 Å². The van der Waals surface area contributed by atoms with Gasteiger partial charge < -0.3 is 10.4 Å². The van der Waals surface area contributed by atoms with Crippen LogP contribution < -0.4 is 5.32 Å². The Morgan fingerprint density at radius 3 is 2.52 bits per heavy atom. The van der Waals surface area contributed by atoms with Crippen molar-refractivity contribution in [2.75, 3.05) is 5.32 Å². The van der Waals surface area contributed by atoms with Crippen LogP contribution in [0.2, 0.25) is 5.02 Å². The van der Waals surface area contributed by atoms with E-state index >= 15 is 0 Å². The maximum atomic E-state index is 13.7. The van der Waals surface area contributed by atoms with Gasteiger partial charge in [0.25, 0.3) is 5.91 Å². The molecule has 2 aromatic carbocycles. The van der Waals surface area contributed by atoms with Crippen molar-refractivity contribution in [1.29, 1.82) is 0 Å². The number of halogens is 3. The van der Waals surface area contributed by atoms with Crippen LogP contribution in [-0.2, 0) is 0 Å². The van der Waals surface area contributed by atoms with Gasteiger partial charge in [0.05, 0.1) is 21.8 Å². The topological polar surface area (TPSA) is 66.4 Å². The van der Waals surface area contributed by atoms with Crippen LogP contribution in [0.3, 0.4) is 0 Å². The summed E-state index contributed by atoms with van der Waals surface area (Å²) in [5.41, 5.74) is -0.153. The number of benzene rings is 2. The summed E-state index contributed by atoms with van der Waals surface area (Å²) in [6, 6.07) is 7.92. The van der Waals surface area contributed by atoms with Gasteiger partial charge in [-0.25, -0.2) is 9.18 Å². The number of carbonyl (C=O) groups is 2. The van der Waals surface area contributed by atoms with Crippen molar-refractivity contribution in [3.8, 4) is 0 Å². The summed E-state index contributed by atoms with van der Waals surface area (Å²) >= 11 is 9.12. The van der Waals surface area contributed by atoms with Gasteiger partial charge >= 0.3 is 5.97 Å². The van der Waals surface area contributed by atoms with E-state index in [1.54, 1.807) is 6.07 Å². The zero-order valence-electron chi connectivity index (χ0n) is 10.4. The highest BCUT2D eigenvalue weighted by atomic mass is 79.9. The minimum absolute atomic E-state index is 0.124. The van der Waals surface area contributed by atoms with Crippen molar-refractivity contribution in [2.24, 2.45) is 0 Å². The molecule has 0 fully saturated rings. The number of carboxylic acids is 1. The van der Waals surface area contributed by atoms with Crippen LogP contribution in [0.25, 0.3) is 0 Å². The zero-order valence-corrected chi connectivity index (χ0v) is 12.7. The van der Waals surface area contributed by atoms with Crippen LogP contribution in [0.1, 0.15) is 20.7 Å². The third-order valence-corrected chi connectivity index (χ3v) is 3.46. The molecule has 0 spiro atoms. The van der Waals surface area contributed by atoms with Gasteiger partial charge in [-0.15, -0.1) is 0 Å². The van der Waals surface area contributed by atoms with Crippen LogP contribution in [-0.4, -0.2) is 17.0 Å². The third-order valence-electron chi connectivity index (χ3n) is 2.64. The van der Waals surface area contributed by atoms with E-state index in [1.165, 1.54) is 24.3 Å². The van der Waals surface area contributed by atoms with Crippen molar-refractivity contribution in [2.45, 2.75) is 0 Å². The quantitative estimate of drug-likeness (QED) is 0.849. The first-order chi connectivity index (χ1) is 9.88.